The van der Waals surface area contributed by atoms with Gasteiger partial charge in [0, 0.05) is 70.9 Å². The molecule has 4 rings (SSSR count). The lowest BCUT2D eigenvalue weighted by atomic mass is 10.00. The highest BCUT2D eigenvalue weighted by atomic mass is 14.8. The number of fused-ring (bicyclic) bond motifs is 2. The summed E-state index contributed by atoms with van der Waals surface area (Å²) in [5, 5.41) is 0. The molecule has 0 atom stereocenters. The second-order valence-electron chi connectivity index (χ2n) is 6.58. The van der Waals surface area contributed by atoms with Gasteiger partial charge in [0.2, 0.25) is 0 Å². The van der Waals surface area contributed by atoms with Crippen LogP contribution < -0.4 is 0 Å². The van der Waals surface area contributed by atoms with Gasteiger partial charge in [-0.2, -0.15) is 0 Å². The Labute approximate surface area is 142 Å². The summed E-state index contributed by atoms with van der Waals surface area (Å²) in [6.45, 7) is 0. The topological polar surface area (TPSA) is 49.4 Å². The molecule has 0 amide bonds. The Hall–Kier alpha value is -2.36. The van der Waals surface area contributed by atoms with Gasteiger partial charge in [0.25, 0.3) is 0 Å². The summed E-state index contributed by atoms with van der Waals surface area (Å²) in [5.41, 5.74) is 7.28. The molecule has 0 radical (unpaired) electrons. The summed E-state index contributed by atoms with van der Waals surface area (Å²) in [7, 11) is 0. The van der Waals surface area contributed by atoms with Crippen LogP contribution in [0.4, 0.5) is 0 Å². The Balaban J connectivity index is 1.04. The molecule has 0 saturated carbocycles. The molecule has 4 heteroatoms. The maximum atomic E-state index is 4.50. The average molecular weight is 318 g/mol. The summed E-state index contributed by atoms with van der Waals surface area (Å²) in [5.74, 6) is 0. The van der Waals surface area contributed by atoms with Gasteiger partial charge in [-0.15, -0.1) is 0 Å². The highest BCUT2D eigenvalue weighted by molar-refractivity contribution is 6.15. The van der Waals surface area contributed by atoms with Crippen LogP contribution in [0.3, 0.4) is 0 Å². The molecule has 0 saturated heterocycles. The van der Waals surface area contributed by atoms with Gasteiger partial charge in [-0.05, 0) is 25.7 Å². The van der Waals surface area contributed by atoms with Crippen molar-refractivity contribution < 1.29 is 0 Å². The van der Waals surface area contributed by atoms with Crippen LogP contribution >= 0.6 is 0 Å². The summed E-state index contributed by atoms with van der Waals surface area (Å²) in [6, 6.07) is 0. The molecule has 4 aliphatic rings. The number of rotatable bonds is 9. The Kier molecular flexibility index (Phi) is 4.45. The van der Waals surface area contributed by atoms with Gasteiger partial charge in [-0.25, -0.2) is 0 Å². The van der Waals surface area contributed by atoms with E-state index in [1.54, 1.807) is 0 Å². The second kappa shape index (κ2) is 7.04. The molecule has 4 heterocycles. The standard InChI is InChI=1S/C20H22N4/c1(3-5-7-19-17-13-21-9-15(17)11-23-19)2-4-6-8-20-18-14-22-10-16(18)12-24-20/h9-14H,1-8H2. The number of hydrogen-bond donors (Lipinski definition) is 0. The molecule has 4 aliphatic heterocycles. The minimum absolute atomic E-state index is 1.08. The van der Waals surface area contributed by atoms with E-state index in [2.05, 4.69) is 20.0 Å². The molecule has 122 valence electrons. The molecule has 0 spiro atoms. The van der Waals surface area contributed by atoms with Crippen molar-refractivity contribution >= 4 is 23.9 Å². The molecule has 4 nitrogen and oxygen atoms in total. The predicted octanol–water partition coefficient (Wildman–Crippen LogP) is 4.72. The van der Waals surface area contributed by atoms with Gasteiger partial charge in [0.1, 0.15) is 0 Å². The lowest BCUT2D eigenvalue weighted by molar-refractivity contribution is 0.607. The lowest BCUT2D eigenvalue weighted by Crippen LogP contribution is -2.00. The van der Waals surface area contributed by atoms with Gasteiger partial charge >= 0.3 is 0 Å². The van der Waals surface area contributed by atoms with Crippen molar-refractivity contribution in [1.82, 2.24) is 0 Å². The van der Waals surface area contributed by atoms with E-state index >= 15 is 0 Å². The average Bonchev–Trinajstić information content (AvgIpc) is 3.32. The number of aliphatic imine (C=N–C) groups is 4. The zero-order valence-electron chi connectivity index (χ0n) is 13.9. The van der Waals surface area contributed by atoms with Crippen LogP contribution in [0.25, 0.3) is 0 Å². The molecular weight excluding hydrogens is 296 g/mol. The van der Waals surface area contributed by atoms with Crippen molar-refractivity contribution in [1.29, 1.82) is 0 Å². The van der Waals surface area contributed by atoms with Crippen molar-refractivity contribution in [3.05, 3.63) is 47.1 Å². The van der Waals surface area contributed by atoms with E-state index in [-0.39, 0.29) is 0 Å². The minimum atomic E-state index is 1.08. The van der Waals surface area contributed by atoms with Crippen molar-refractivity contribution in [3.8, 4) is 0 Å². The monoisotopic (exact) mass is 318 g/mol. The van der Waals surface area contributed by atoms with Crippen molar-refractivity contribution in [3.63, 3.8) is 0 Å². The van der Waals surface area contributed by atoms with Crippen molar-refractivity contribution in [2.24, 2.45) is 20.0 Å². The Morgan fingerprint density at radius 1 is 0.542 bits per heavy atom. The van der Waals surface area contributed by atoms with E-state index in [9.17, 15) is 0 Å². The molecular formula is C20H22N4. The zero-order chi connectivity index (χ0) is 16.2. The van der Waals surface area contributed by atoms with E-state index < -0.39 is 0 Å². The number of unbranched alkanes of at least 4 members (excludes halogenated alkanes) is 5. The van der Waals surface area contributed by atoms with Gasteiger partial charge in [-0.3, -0.25) is 20.0 Å². The number of hydrogen-bond acceptors (Lipinski definition) is 4. The van der Waals surface area contributed by atoms with E-state index in [4.69, 9.17) is 0 Å². The van der Waals surface area contributed by atoms with Crippen LogP contribution in [-0.2, 0) is 0 Å². The third-order valence-electron chi connectivity index (χ3n) is 4.87. The lowest BCUT2D eigenvalue weighted by Gasteiger charge is -2.05. The Bertz CT molecular complexity index is 703. The first-order chi connectivity index (χ1) is 11.9. The van der Waals surface area contributed by atoms with Crippen LogP contribution in [-0.4, -0.2) is 23.9 Å². The quantitative estimate of drug-likeness (QED) is 0.552. The zero-order valence-corrected chi connectivity index (χ0v) is 13.9. The maximum absolute atomic E-state index is 4.50. The number of allylic oxidation sites excluding steroid dienone is 4. The highest BCUT2D eigenvalue weighted by Gasteiger charge is 2.19. The van der Waals surface area contributed by atoms with Crippen LogP contribution in [0, 0.1) is 0 Å². The molecule has 0 aliphatic carbocycles. The van der Waals surface area contributed by atoms with Gasteiger partial charge in [-0.1, -0.05) is 25.7 Å². The molecule has 0 N–H and O–H groups in total. The summed E-state index contributed by atoms with van der Waals surface area (Å²) >= 11 is 0. The highest BCUT2D eigenvalue weighted by Crippen LogP contribution is 2.26. The van der Waals surface area contributed by atoms with Crippen LogP contribution in [0.1, 0.15) is 51.4 Å². The van der Waals surface area contributed by atoms with Gasteiger partial charge in [0.15, 0.2) is 0 Å². The van der Waals surface area contributed by atoms with Crippen LogP contribution in [0.15, 0.2) is 67.1 Å². The molecule has 0 aromatic heterocycles. The Morgan fingerprint density at radius 2 is 1.00 bits per heavy atom. The summed E-state index contributed by atoms with van der Waals surface area (Å²) < 4.78 is 0. The second-order valence-corrected chi connectivity index (χ2v) is 6.58. The molecule has 0 bridgehead atoms. The van der Waals surface area contributed by atoms with E-state index in [1.165, 1.54) is 72.2 Å². The van der Waals surface area contributed by atoms with Crippen molar-refractivity contribution in [2.45, 2.75) is 51.4 Å². The van der Waals surface area contributed by atoms with E-state index in [1.807, 2.05) is 37.2 Å². The van der Waals surface area contributed by atoms with Crippen molar-refractivity contribution in [2.75, 3.05) is 0 Å². The third kappa shape index (κ3) is 3.14. The van der Waals surface area contributed by atoms with E-state index in [0.29, 0.717) is 0 Å². The van der Waals surface area contributed by atoms with E-state index in [0.717, 1.165) is 12.8 Å². The fourth-order valence-corrected chi connectivity index (χ4v) is 3.48. The fraction of sp³-hybridized carbons (Fsp3) is 0.400. The first kappa shape index (κ1) is 15.2. The normalized spacial score (nSPS) is 19.7. The summed E-state index contributed by atoms with van der Waals surface area (Å²) in [4.78, 5) is 17.4. The molecule has 0 aromatic carbocycles. The minimum Gasteiger partial charge on any atom is -0.263 e. The maximum Gasteiger partial charge on any atom is 0.0498 e. The van der Waals surface area contributed by atoms with Gasteiger partial charge in [0.05, 0.1) is 0 Å². The van der Waals surface area contributed by atoms with Gasteiger partial charge < -0.3 is 0 Å². The molecule has 24 heavy (non-hydrogen) atoms. The predicted molar refractivity (Wildman–Crippen MR) is 101 cm³/mol. The molecule has 0 unspecified atom stereocenters. The smallest absolute Gasteiger partial charge is 0.0498 e. The fourth-order valence-electron chi connectivity index (χ4n) is 3.48. The Morgan fingerprint density at radius 3 is 1.50 bits per heavy atom. The first-order valence-corrected chi connectivity index (χ1v) is 8.94. The van der Waals surface area contributed by atoms with Crippen LogP contribution in [0.2, 0.25) is 0 Å². The first-order valence-electron chi connectivity index (χ1n) is 8.94. The third-order valence-corrected chi connectivity index (χ3v) is 4.87. The molecule has 0 fully saturated rings. The number of nitrogens with zero attached hydrogens (tertiary/aromatic N) is 4. The molecule has 0 aromatic rings. The largest absolute Gasteiger partial charge is 0.263 e. The SMILES string of the molecule is C1=NC=C2C1=CN=C2CCCCCCCCC1=NC=C2C=NC=C21. The summed E-state index contributed by atoms with van der Waals surface area (Å²) in [6.07, 6.45) is 21.3. The van der Waals surface area contributed by atoms with Crippen LogP contribution in [0.5, 0.6) is 0 Å².